The van der Waals surface area contributed by atoms with Crippen molar-refractivity contribution in [2.24, 2.45) is 7.05 Å². The molecule has 0 amide bonds. The van der Waals surface area contributed by atoms with Gasteiger partial charge < -0.3 is 0 Å². The van der Waals surface area contributed by atoms with Gasteiger partial charge >= 0.3 is 0 Å². The minimum atomic E-state index is 0.971. The van der Waals surface area contributed by atoms with Crippen molar-refractivity contribution in [1.82, 2.24) is 9.90 Å². The first-order valence-electron chi connectivity index (χ1n) is 5.53. The molecule has 3 nitrogen and oxygen atoms in total. The molecule has 16 heavy (non-hydrogen) atoms. The van der Waals surface area contributed by atoms with Gasteiger partial charge in [-0.15, -0.1) is 9.36 Å². The largest absolute Gasteiger partial charge is 0.194 e. The molecule has 0 atom stereocenters. The van der Waals surface area contributed by atoms with Gasteiger partial charge in [0.15, 0.2) is 11.9 Å². The maximum absolute atomic E-state index is 4.49. The highest BCUT2D eigenvalue weighted by atomic mass is 15.5. The average molecular weight is 212 g/mol. The van der Waals surface area contributed by atoms with Crippen LogP contribution in [-0.4, -0.2) is 9.90 Å². The molecule has 0 spiro atoms. The summed E-state index contributed by atoms with van der Waals surface area (Å²) in [6.45, 7) is 0. The minimum Gasteiger partial charge on any atom is -0.132 e. The summed E-state index contributed by atoms with van der Waals surface area (Å²) in [5.74, 6) is 0. The van der Waals surface area contributed by atoms with Crippen molar-refractivity contribution in [1.29, 1.82) is 0 Å². The first kappa shape index (κ1) is 9.33. The van der Waals surface area contributed by atoms with E-state index in [2.05, 4.69) is 47.9 Å². The zero-order valence-electron chi connectivity index (χ0n) is 9.30. The fraction of sp³-hybridized carbons (Fsp3) is 0.231. The molecule has 80 valence electrons. The average Bonchev–Trinajstić information content (AvgIpc) is 2.97. The Morgan fingerprint density at radius 1 is 1.19 bits per heavy atom. The highest BCUT2D eigenvalue weighted by Gasteiger charge is 2.19. The zero-order chi connectivity index (χ0) is 11.0. The molecule has 0 unspecified atom stereocenters. The van der Waals surface area contributed by atoms with Crippen LogP contribution in [0.2, 0.25) is 0 Å². The standard InChI is InChI=1S/C13H14N3/c1-15-13(11-6-2-3-7-11)10-16(14-15)12-8-4-5-9-12/h2-6,8,10H,7,9H2,1H3/q+1. The quantitative estimate of drug-likeness (QED) is 0.686. The highest BCUT2D eigenvalue weighted by Crippen LogP contribution is 2.21. The van der Waals surface area contributed by atoms with Crippen LogP contribution in [0.4, 0.5) is 0 Å². The van der Waals surface area contributed by atoms with Crippen molar-refractivity contribution in [3.63, 3.8) is 0 Å². The molecule has 3 rings (SSSR count). The summed E-state index contributed by atoms with van der Waals surface area (Å²) in [4.78, 5) is 0. The summed E-state index contributed by atoms with van der Waals surface area (Å²) >= 11 is 0. The molecule has 1 heterocycles. The Morgan fingerprint density at radius 3 is 2.69 bits per heavy atom. The minimum absolute atomic E-state index is 0.971. The Labute approximate surface area is 94.7 Å². The first-order valence-corrected chi connectivity index (χ1v) is 5.53. The van der Waals surface area contributed by atoms with Crippen LogP contribution < -0.4 is 4.68 Å². The van der Waals surface area contributed by atoms with Gasteiger partial charge in [0.25, 0.3) is 0 Å². The molecular weight excluding hydrogens is 198 g/mol. The van der Waals surface area contributed by atoms with Gasteiger partial charge in [-0.2, -0.15) is 0 Å². The Hall–Kier alpha value is -1.90. The first-order chi connectivity index (χ1) is 7.84. The predicted octanol–water partition coefficient (Wildman–Crippen LogP) is 1.85. The molecule has 0 radical (unpaired) electrons. The Kier molecular flexibility index (Phi) is 2.10. The molecule has 0 saturated carbocycles. The molecule has 0 saturated heterocycles. The number of nitrogens with zero attached hydrogens (tertiary/aromatic N) is 3. The van der Waals surface area contributed by atoms with E-state index in [4.69, 9.17) is 0 Å². The van der Waals surface area contributed by atoms with E-state index in [0.29, 0.717) is 0 Å². The molecule has 0 fully saturated rings. The lowest BCUT2D eigenvalue weighted by molar-refractivity contribution is -0.733. The van der Waals surface area contributed by atoms with Crippen molar-refractivity contribution < 1.29 is 4.68 Å². The second-order valence-corrected chi connectivity index (χ2v) is 4.09. The van der Waals surface area contributed by atoms with Crippen LogP contribution in [-0.2, 0) is 7.05 Å². The summed E-state index contributed by atoms with van der Waals surface area (Å²) in [6, 6.07) is 0. The fourth-order valence-corrected chi connectivity index (χ4v) is 2.09. The van der Waals surface area contributed by atoms with Gasteiger partial charge in [-0.05, 0) is 12.5 Å². The molecular formula is C13H14N3+. The van der Waals surface area contributed by atoms with E-state index in [1.807, 2.05) is 16.4 Å². The molecule has 0 N–H and O–H groups in total. The lowest BCUT2D eigenvalue weighted by Gasteiger charge is -1.92. The van der Waals surface area contributed by atoms with E-state index in [9.17, 15) is 0 Å². The second-order valence-electron chi connectivity index (χ2n) is 4.09. The molecule has 1 aromatic heterocycles. The monoisotopic (exact) mass is 212 g/mol. The van der Waals surface area contributed by atoms with Gasteiger partial charge in [0.1, 0.15) is 12.7 Å². The van der Waals surface area contributed by atoms with Gasteiger partial charge in [0, 0.05) is 12.0 Å². The van der Waals surface area contributed by atoms with Crippen molar-refractivity contribution >= 4 is 11.3 Å². The van der Waals surface area contributed by atoms with Crippen LogP contribution in [0.5, 0.6) is 0 Å². The molecule has 0 aliphatic heterocycles. The van der Waals surface area contributed by atoms with Crippen LogP contribution in [0.15, 0.2) is 42.7 Å². The van der Waals surface area contributed by atoms with Crippen molar-refractivity contribution in [3.05, 3.63) is 48.3 Å². The summed E-state index contributed by atoms with van der Waals surface area (Å²) in [6.07, 6.45) is 16.8. The number of rotatable bonds is 2. The molecule has 3 heteroatoms. The number of aryl methyl sites for hydroxylation is 1. The van der Waals surface area contributed by atoms with Gasteiger partial charge in [-0.1, -0.05) is 30.4 Å². The van der Waals surface area contributed by atoms with E-state index < -0.39 is 0 Å². The van der Waals surface area contributed by atoms with Gasteiger partial charge in [0.05, 0.1) is 5.21 Å². The maximum Gasteiger partial charge on any atom is 0.194 e. The Balaban J connectivity index is 1.96. The SMILES string of the molecule is C[n+]1nn(C2=CC=CC2)cc1C1=CC=CC1. The van der Waals surface area contributed by atoms with Crippen molar-refractivity contribution in [2.45, 2.75) is 12.8 Å². The summed E-state index contributed by atoms with van der Waals surface area (Å²) in [7, 11) is 1.99. The fourth-order valence-electron chi connectivity index (χ4n) is 2.09. The van der Waals surface area contributed by atoms with Crippen LogP contribution in [0.1, 0.15) is 18.5 Å². The topological polar surface area (TPSA) is 21.7 Å². The molecule has 1 aromatic rings. The van der Waals surface area contributed by atoms with E-state index in [-0.39, 0.29) is 0 Å². The second kappa shape index (κ2) is 3.59. The van der Waals surface area contributed by atoms with Gasteiger partial charge in [0.2, 0.25) is 0 Å². The smallest absolute Gasteiger partial charge is 0.132 e. The van der Waals surface area contributed by atoms with Crippen LogP contribution in [0, 0.1) is 0 Å². The third kappa shape index (κ3) is 1.45. The maximum atomic E-state index is 4.49. The number of aromatic nitrogens is 3. The summed E-state index contributed by atoms with van der Waals surface area (Å²) < 4.78 is 3.91. The van der Waals surface area contributed by atoms with Gasteiger partial charge in [-0.25, -0.2) is 0 Å². The predicted molar refractivity (Wildman–Crippen MR) is 63.2 cm³/mol. The molecule has 2 aliphatic carbocycles. The lowest BCUT2D eigenvalue weighted by atomic mass is 10.2. The van der Waals surface area contributed by atoms with E-state index in [1.165, 1.54) is 17.0 Å². The molecule has 0 aromatic carbocycles. The normalized spacial score (nSPS) is 18.1. The Morgan fingerprint density at radius 2 is 2.00 bits per heavy atom. The third-order valence-corrected chi connectivity index (χ3v) is 2.97. The third-order valence-electron chi connectivity index (χ3n) is 2.97. The van der Waals surface area contributed by atoms with Crippen molar-refractivity contribution in [2.75, 3.05) is 0 Å². The number of allylic oxidation sites excluding steroid dienone is 8. The molecule has 2 aliphatic rings. The van der Waals surface area contributed by atoms with Crippen LogP contribution >= 0.6 is 0 Å². The highest BCUT2D eigenvalue weighted by molar-refractivity contribution is 5.66. The van der Waals surface area contributed by atoms with Crippen molar-refractivity contribution in [3.8, 4) is 0 Å². The zero-order valence-corrected chi connectivity index (χ0v) is 9.30. The lowest BCUT2D eigenvalue weighted by Crippen LogP contribution is -2.34. The summed E-state index contributed by atoms with van der Waals surface area (Å²) in [5, 5.41) is 4.49. The van der Waals surface area contributed by atoms with Crippen LogP contribution in [0.25, 0.3) is 11.3 Å². The summed E-state index contributed by atoms with van der Waals surface area (Å²) in [5.41, 5.74) is 3.76. The number of hydrogen-bond donors (Lipinski definition) is 0. The van der Waals surface area contributed by atoms with Crippen LogP contribution in [0.3, 0.4) is 0 Å². The van der Waals surface area contributed by atoms with Gasteiger partial charge in [-0.3, -0.25) is 0 Å². The Bertz CT molecular complexity index is 542. The number of hydrogen-bond acceptors (Lipinski definition) is 1. The van der Waals surface area contributed by atoms with E-state index in [1.54, 1.807) is 0 Å². The van der Waals surface area contributed by atoms with E-state index >= 15 is 0 Å². The molecule has 0 bridgehead atoms. The van der Waals surface area contributed by atoms with E-state index in [0.717, 1.165) is 12.8 Å².